The third kappa shape index (κ3) is 4.88. The fraction of sp³-hybridized carbons (Fsp3) is 0.652. The van der Waals surface area contributed by atoms with Crippen LogP contribution >= 0.6 is 0 Å². The zero-order valence-electron chi connectivity index (χ0n) is 16.5. The second-order valence-electron chi connectivity index (χ2n) is 7.82. The monoisotopic (exact) mass is 328 g/mol. The van der Waals surface area contributed by atoms with Crippen molar-refractivity contribution in [1.82, 2.24) is 0 Å². The molecule has 0 N–H and O–H groups in total. The van der Waals surface area contributed by atoms with Gasteiger partial charge in [-0.3, -0.25) is 0 Å². The maximum absolute atomic E-state index is 6.48. The van der Waals surface area contributed by atoms with Crippen LogP contribution < -0.4 is 4.74 Å². The molecule has 1 nitrogen and oxygen atoms in total. The summed E-state index contributed by atoms with van der Waals surface area (Å²) in [7, 11) is 0. The Bertz CT molecular complexity index is 570. The first-order valence-corrected chi connectivity index (χ1v) is 9.93. The second kappa shape index (κ2) is 8.74. The molecule has 0 spiro atoms. The van der Waals surface area contributed by atoms with Crippen LogP contribution in [0, 0.1) is 20.8 Å². The Labute approximate surface area is 149 Å². The van der Waals surface area contributed by atoms with Crippen LogP contribution in [0.5, 0.6) is 5.75 Å². The molecule has 0 radical (unpaired) electrons. The van der Waals surface area contributed by atoms with Crippen LogP contribution in [0.2, 0.25) is 0 Å². The normalized spacial score (nSPS) is 20.2. The van der Waals surface area contributed by atoms with Gasteiger partial charge in [0.2, 0.25) is 0 Å². The number of benzene rings is 1. The number of rotatable bonds is 8. The Morgan fingerprint density at radius 2 is 1.75 bits per heavy atom. The van der Waals surface area contributed by atoms with E-state index >= 15 is 0 Å². The summed E-state index contributed by atoms with van der Waals surface area (Å²) < 4.78 is 6.48. The van der Waals surface area contributed by atoms with Crippen molar-refractivity contribution >= 4 is 0 Å². The Hall–Kier alpha value is -1.24. The minimum atomic E-state index is -0.139. The molecule has 1 atom stereocenters. The molecule has 24 heavy (non-hydrogen) atoms. The van der Waals surface area contributed by atoms with E-state index in [2.05, 4.69) is 52.8 Å². The molecule has 0 fully saturated rings. The molecule has 0 amide bonds. The molecule has 1 aromatic carbocycles. The van der Waals surface area contributed by atoms with Crippen molar-refractivity contribution in [2.24, 2.45) is 0 Å². The van der Waals surface area contributed by atoms with E-state index in [1.54, 1.807) is 0 Å². The lowest BCUT2D eigenvalue weighted by molar-refractivity contribution is 0.112. The van der Waals surface area contributed by atoms with Gasteiger partial charge in [-0.25, -0.2) is 0 Å². The standard InChI is InChI=1S/C23H36O/c1-6-7-8-9-10-11-12-13-15-23(5)16-14-21-19(3)17-18(2)20(4)22(21)24-23/h13,15,17H,6-12,14,16H2,1-5H3. The van der Waals surface area contributed by atoms with Gasteiger partial charge in [-0.15, -0.1) is 0 Å². The molecule has 0 aliphatic carbocycles. The van der Waals surface area contributed by atoms with Crippen LogP contribution in [0.1, 0.15) is 87.5 Å². The summed E-state index contributed by atoms with van der Waals surface area (Å²) in [5.41, 5.74) is 5.31. The van der Waals surface area contributed by atoms with Gasteiger partial charge in [0, 0.05) is 0 Å². The van der Waals surface area contributed by atoms with E-state index in [4.69, 9.17) is 4.74 Å². The smallest absolute Gasteiger partial charge is 0.127 e. The van der Waals surface area contributed by atoms with Crippen LogP contribution in [-0.4, -0.2) is 5.60 Å². The highest BCUT2D eigenvalue weighted by Gasteiger charge is 2.31. The predicted octanol–water partition coefficient (Wildman–Crippen LogP) is 7.00. The highest BCUT2D eigenvalue weighted by atomic mass is 16.5. The topological polar surface area (TPSA) is 9.23 Å². The van der Waals surface area contributed by atoms with E-state index in [1.807, 2.05) is 0 Å². The van der Waals surface area contributed by atoms with Gasteiger partial charge in [0.05, 0.1) is 0 Å². The number of hydrogen-bond acceptors (Lipinski definition) is 1. The fourth-order valence-corrected chi connectivity index (χ4v) is 3.70. The minimum Gasteiger partial charge on any atom is -0.483 e. The summed E-state index contributed by atoms with van der Waals surface area (Å²) in [6.45, 7) is 11.1. The van der Waals surface area contributed by atoms with Gasteiger partial charge < -0.3 is 4.74 Å². The van der Waals surface area contributed by atoms with Gasteiger partial charge in [0.1, 0.15) is 11.4 Å². The quantitative estimate of drug-likeness (QED) is 0.368. The Morgan fingerprint density at radius 1 is 1.04 bits per heavy atom. The van der Waals surface area contributed by atoms with Crippen molar-refractivity contribution in [2.45, 2.75) is 98.0 Å². The summed E-state index contributed by atoms with van der Waals surface area (Å²) in [6.07, 6.45) is 16.2. The molecule has 0 bridgehead atoms. The Morgan fingerprint density at radius 3 is 2.50 bits per heavy atom. The van der Waals surface area contributed by atoms with Crippen LogP contribution in [0.25, 0.3) is 0 Å². The maximum atomic E-state index is 6.48. The summed E-state index contributed by atoms with van der Waals surface area (Å²) >= 11 is 0. The van der Waals surface area contributed by atoms with Crippen molar-refractivity contribution in [3.63, 3.8) is 0 Å². The average molecular weight is 329 g/mol. The molecule has 1 aliphatic heterocycles. The van der Waals surface area contributed by atoms with Crippen LogP contribution in [0.3, 0.4) is 0 Å². The van der Waals surface area contributed by atoms with E-state index in [1.165, 1.54) is 67.2 Å². The Kier molecular flexibility index (Phi) is 6.95. The number of hydrogen-bond donors (Lipinski definition) is 0. The first-order chi connectivity index (χ1) is 11.5. The van der Waals surface area contributed by atoms with Gasteiger partial charge in [-0.1, -0.05) is 51.2 Å². The zero-order chi connectivity index (χ0) is 17.6. The zero-order valence-corrected chi connectivity index (χ0v) is 16.5. The SMILES string of the molecule is CCCCCCCCC=CC1(C)CCc2c(C)cc(C)c(C)c2O1. The fourth-order valence-electron chi connectivity index (χ4n) is 3.70. The van der Waals surface area contributed by atoms with E-state index in [9.17, 15) is 0 Å². The molecule has 1 aromatic rings. The minimum absolute atomic E-state index is 0.139. The van der Waals surface area contributed by atoms with E-state index in [-0.39, 0.29) is 5.60 Å². The van der Waals surface area contributed by atoms with Gasteiger partial charge in [-0.2, -0.15) is 0 Å². The number of fused-ring (bicyclic) bond motifs is 1. The lowest BCUT2D eigenvalue weighted by Gasteiger charge is -2.35. The Balaban J connectivity index is 1.90. The van der Waals surface area contributed by atoms with E-state index in [0.29, 0.717) is 0 Å². The highest BCUT2D eigenvalue weighted by Crippen LogP contribution is 2.39. The van der Waals surface area contributed by atoms with Crippen molar-refractivity contribution in [3.05, 3.63) is 40.5 Å². The predicted molar refractivity (Wildman–Crippen MR) is 105 cm³/mol. The molecular formula is C23H36O. The number of unbranched alkanes of at least 4 members (excludes halogenated alkanes) is 6. The van der Waals surface area contributed by atoms with Gasteiger partial charge >= 0.3 is 0 Å². The molecule has 1 heteroatoms. The summed E-state index contributed by atoms with van der Waals surface area (Å²) in [6, 6.07) is 2.30. The first-order valence-electron chi connectivity index (χ1n) is 9.93. The molecule has 0 saturated heterocycles. The molecule has 1 heterocycles. The van der Waals surface area contributed by atoms with Gasteiger partial charge in [0.25, 0.3) is 0 Å². The molecule has 1 unspecified atom stereocenters. The largest absolute Gasteiger partial charge is 0.483 e. The highest BCUT2D eigenvalue weighted by molar-refractivity contribution is 5.51. The summed E-state index contributed by atoms with van der Waals surface area (Å²) in [5.74, 6) is 1.14. The van der Waals surface area contributed by atoms with E-state index in [0.717, 1.165) is 18.6 Å². The van der Waals surface area contributed by atoms with Crippen LogP contribution in [0.15, 0.2) is 18.2 Å². The van der Waals surface area contributed by atoms with Gasteiger partial charge in [0.15, 0.2) is 0 Å². The third-order valence-electron chi connectivity index (χ3n) is 5.52. The van der Waals surface area contributed by atoms with Crippen LogP contribution in [0.4, 0.5) is 0 Å². The van der Waals surface area contributed by atoms with Crippen LogP contribution in [-0.2, 0) is 6.42 Å². The van der Waals surface area contributed by atoms with Crippen molar-refractivity contribution in [3.8, 4) is 5.75 Å². The summed E-state index contributed by atoms with van der Waals surface area (Å²) in [5, 5.41) is 0. The van der Waals surface area contributed by atoms with Crippen molar-refractivity contribution in [1.29, 1.82) is 0 Å². The lowest BCUT2D eigenvalue weighted by atomic mass is 9.87. The molecule has 0 aromatic heterocycles. The number of ether oxygens (including phenoxy) is 1. The van der Waals surface area contributed by atoms with E-state index < -0.39 is 0 Å². The molecular weight excluding hydrogens is 292 g/mol. The third-order valence-corrected chi connectivity index (χ3v) is 5.52. The summed E-state index contributed by atoms with van der Waals surface area (Å²) in [4.78, 5) is 0. The van der Waals surface area contributed by atoms with Crippen molar-refractivity contribution in [2.75, 3.05) is 0 Å². The molecule has 134 valence electrons. The lowest BCUT2D eigenvalue weighted by Crippen LogP contribution is -2.35. The number of allylic oxidation sites excluding steroid dienone is 1. The second-order valence-corrected chi connectivity index (χ2v) is 7.82. The maximum Gasteiger partial charge on any atom is 0.127 e. The molecule has 2 rings (SSSR count). The molecule has 0 saturated carbocycles. The first kappa shape index (κ1) is 19.1. The van der Waals surface area contributed by atoms with Gasteiger partial charge in [-0.05, 0) is 81.7 Å². The number of aryl methyl sites for hydroxylation is 2. The van der Waals surface area contributed by atoms with Crippen molar-refractivity contribution < 1.29 is 4.74 Å². The average Bonchev–Trinajstić information content (AvgIpc) is 2.55. The molecule has 1 aliphatic rings.